The lowest BCUT2D eigenvalue weighted by Gasteiger charge is -2.15. The molecular weight excluding hydrogens is 457 g/mol. The molecule has 1 atom stereocenters. The number of nitrogens with one attached hydrogen (secondary N) is 1. The number of benzene rings is 2. The van der Waals surface area contributed by atoms with Gasteiger partial charge in [0.15, 0.2) is 9.84 Å². The summed E-state index contributed by atoms with van der Waals surface area (Å²) < 4.78 is 40.1. The van der Waals surface area contributed by atoms with E-state index in [0.29, 0.717) is 18.4 Å². The fourth-order valence-corrected chi connectivity index (χ4v) is 4.52. The van der Waals surface area contributed by atoms with Gasteiger partial charge in [0, 0.05) is 18.0 Å². The molecule has 1 N–H and O–H groups in total. The summed E-state index contributed by atoms with van der Waals surface area (Å²) in [5.74, 6) is -1.21. The van der Waals surface area contributed by atoms with Crippen LogP contribution in [-0.4, -0.2) is 35.4 Å². The lowest BCUT2D eigenvalue weighted by atomic mass is 10.1. The van der Waals surface area contributed by atoms with Crippen LogP contribution < -0.4 is 10.9 Å². The smallest absolute Gasteiger partial charge is 0.277 e. The highest BCUT2D eigenvalue weighted by atomic mass is 32.2. The van der Waals surface area contributed by atoms with Gasteiger partial charge >= 0.3 is 0 Å². The van der Waals surface area contributed by atoms with Crippen LogP contribution in [0.4, 0.5) is 10.1 Å². The number of halogens is 1. The van der Waals surface area contributed by atoms with Gasteiger partial charge in [0.25, 0.3) is 5.56 Å². The highest BCUT2D eigenvalue weighted by Gasteiger charge is 2.19. The summed E-state index contributed by atoms with van der Waals surface area (Å²) in [5.41, 5.74) is 0.772. The number of rotatable bonds is 10. The third-order valence-corrected chi connectivity index (χ3v) is 7.27. The van der Waals surface area contributed by atoms with Crippen LogP contribution in [0.3, 0.4) is 0 Å². The Kier molecular flexibility index (Phi) is 8.33. The number of nitrogens with zero attached hydrogens (tertiary/aromatic N) is 2. The van der Waals surface area contributed by atoms with Crippen molar-refractivity contribution in [3.8, 4) is 11.4 Å². The van der Waals surface area contributed by atoms with E-state index in [-0.39, 0.29) is 41.4 Å². The van der Waals surface area contributed by atoms with E-state index >= 15 is 0 Å². The van der Waals surface area contributed by atoms with Crippen molar-refractivity contribution in [1.29, 1.82) is 0 Å². The molecule has 3 rings (SSSR count). The van der Waals surface area contributed by atoms with E-state index in [1.54, 1.807) is 6.92 Å². The van der Waals surface area contributed by atoms with Gasteiger partial charge in [0.2, 0.25) is 5.91 Å². The summed E-state index contributed by atoms with van der Waals surface area (Å²) in [4.78, 5) is 29.8. The Labute approximate surface area is 198 Å². The molecule has 180 valence electrons. The lowest BCUT2D eigenvalue weighted by molar-refractivity contribution is -0.119. The molecule has 0 bridgehead atoms. The highest BCUT2D eigenvalue weighted by molar-refractivity contribution is 7.91. The summed E-state index contributed by atoms with van der Waals surface area (Å²) in [5, 5.41) is 2.59. The number of anilines is 1. The first-order valence-corrected chi connectivity index (χ1v) is 12.9. The van der Waals surface area contributed by atoms with E-state index in [1.165, 1.54) is 35.0 Å². The van der Waals surface area contributed by atoms with Gasteiger partial charge in [0.05, 0.1) is 17.7 Å². The van der Waals surface area contributed by atoms with Crippen LogP contribution in [0.25, 0.3) is 11.4 Å². The molecule has 1 aromatic heterocycles. The van der Waals surface area contributed by atoms with E-state index < -0.39 is 21.2 Å². The number of hydrogen-bond donors (Lipinski definition) is 1. The van der Waals surface area contributed by atoms with Gasteiger partial charge in [-0.15, -0.1) is 0 Å². The predicted molar refractivity (Wildman–Crippen MR) is 131 cm³/mol. The van der Waals surface area contributed by atoms with Crippen molar-refractivity contribution >= 4 is 21.4 Å². The van der Waals surface area contributed by atoms with Crippen LogP contribution in [0.2, 0.25) is 0 Å². The zero-order valence-electron chi connectivity index (χ0n) is 19.2. The summed E-state index contributed by atoms with van der Waals surface area (Å²) in [7, 11) is -3.49. The molecule has 0 unspecified atom stereocenters. The summed E-state index contributed by atoms with van der Waals surface area (Å²) in [6.07, 6.45) is 2.22. The maximum Gasteiger partial charge on any atom is 0.277 e. The minimum absolute atomic E-state index is 0.0298. The van der Waals surface area contributed by atoms with Crippen molar-refractivity contribution < 1.29 is 17.6 Å². The van der Waals surface area contributed by atoms with Crippen molar-refractivity contribution in [3.05, 3.63) is 82.5 Å². The van der Waals surface area contributed by atoms with Crippen LogP contribution in [0.5, 0.6) is 0 Å². The molecule has 0 aliphatic rings. The molecule has 2 aromatic carbocycles. The first kappa shape index (κ1) is 25.3. The molecule has 0 saturated carbocycles. The van der Waals surface area contributed by atoms with Gasteiger partial charge in [-0.25, -0.2) is 17.8 Å². The van der Waals surface area contributed by atoms with Gasteiger partial charge in [-0.05, 0) is 42.7 Å². The average molecular weight is 486 g/mol. The zero-order valence-corrected chi connectivity index (χ0v) is 20.0. The molecule has 0 aliphatic carbocycles. The molecule has 1 amide bonds. The van der Waals surface area contributed by atoms with Crippen molar-refractivity contribution in [2.24, 2.45) is 5.92 Å². The number of aromatic nitrogens is 2. The second kappa shape index (κ2) is 11.2. The van der Waals surface area contributed by atoms with E-state index in [4.69, 9.17) is 0 Å². The molecular formula is C25H28FN3O4S. The van der Waals surface area contributed by atoms with Crippen LogP contribution in [0.15, 0.2) is 65.6 Å². The second-order valence-corrected chi connectivity index (χ2v) is 10.4. The van der Waals surface area contributed by atoms with Crippen LogP contribution in [0.1, 0.15) is 25.8 Å². The van der Waals surface area contributed by atoms with Crippen molar-refractivity contribution in [1.82, 2.24) is 9.55 Å². The first-order valence-electron chi connectivity index (χ1n) is 11.1. The Morgan fingerprint density at radius 3 is 2.41 bits per heavy atom. The summed E-state index contributed by atoms with van der Waals surface area (Å²) in [6, 6.07) is 14.7. The number of aryl methyl sites for hydroxylation is 1. The normalized spacial score (nSPS) is 12.3. The Balaban J connectivity index is 1.88. The molecule has 0 radical (unpaired) electrons. The first-order chi connectivity index (χ1) is 16.2. The molecule has 7 nitrogen and oxygen atoms in total. The Morgan fingerprint density at radius 1 is 1.09 bits per heavy atom. The Bertz CT molecular complexity index is 1290. The number of amides is 1. The topological polar surface area (TPSA) is 98.1 Å². The fraction of sp³-hybridized carbons (Fsp3) is 0.320. The summed E-state index contributed by atoms with van der Waals surface area (Å²) in [6.45, 7) is 3.45. The third kappa shape index (κ3) is 6.60. The molecule has 0 saturated heterocycles. The lowest BCUT2D eigenvalue weighted by Crippen LogP contribution is -2.32. The average Bonchev–Trinajstić information content (AvgIpc) is 2.84. The van der Waals surface area contributed by atoms with Crippen molar-refractivity contribution in [3.63, 3.8) is 0 Å². The SMILES string of the molecule is CC[C@@H](C)C(=O)Nc1cnc(-c2ccc(F)cc2)n(CCS(=O)(=O)CCc2ccccc2)c1=O. The number of carbonyl (C=O) groups is 1. The highest BCUT2D eigenvalue weighted by Crippen LogP contribution is 2.18. The quantitative estimate of drug-likeness (QED) is 0.472. The molecule has 34 heavy (non-hydrogen) atoms. The molecule has 1 heterocycles. The van der Waals surface area contributed by atoms with E-state index in [2.05, 4.69) is 10.3 Å². The van der Waals surface area contributed by atoms with E-state index in [0.717, 1.165) is 5.56 Å². The molecule has 9 heteroatoms. The van der Waals surface area contributed by atoms with Crippen molar-refractivity contribution in [2.45, 2.75) is 33.2 Å². The van der Waals surface area contributed by atoms with Gasteiger partial charge in [0.1, 0.15) is 17.3 Å². The van der Waals surface area contributed by atoms with Crippen molar-refractivity contribution in [2.75, 3.05) is 16.8 Å². The van der Waals surface area contributed by atoms with Crippen LogP contribution in [0, 0.1) is 11.7 Å². The minimum atomic E-state index is -3.49. The van der Waals surface area contributed by atoms with E-state index in [1.807, 2.05) is 37.3 Å². The Morgan fingerprint density at radius 2 is 1.76 bits per heavy atom. The maximum absolute atomic E-state index is 13.4. The van der Waals surface area contributed by atoms with Gasteiger partial charge in [-0.1, -0.05) is 44.2 Å². The van der Waals surface area contributed by atoms with Crippen LogP contribution in [-0.2, 0) is 27.6 Å². The standard InChI is InChI=1S/C25H28FN3O4S/c1-3-18(2)24(30)28-22-17-27-23(20-9-11-21(26)12-10-20)29(25(22)31)14-16-34(32,33)15-13-19-7-5-4-6-8-19/h4-12,17-18H,3,13-16H2,1-2H3,(H,28,30)/t18-/m1/s1. The monoisotopic (exact) mass is 485 g/mol. The zero-order chi connectivity index (χ0) is 24.7. The molecule has 3 aromatic rings. The molecule has 0 spiro atoms. The fourth-order valence-electron chi connectivity index (χ4n) is 3.31. The Hall–Kier alpha value is -3.33. The molecule has 0 fully saturated rings. The number of sulfone groups is 1. The maximum atomic E-state index is 13.4. The van der Waals surface area contributed by atoms with Gasteiger partial charge in [-0.3, -0.25) is 14.2 Å². The minimum Gasteiger partial charge on any atom is -0.320 e. The second-order valence-electron chi connectivity index (χ2n) is 8.15. The van der Waals surface area contributed by atoms with Crippen LogP contribution >= 0.6 is 0 Å². The van der Waals surface area contributed by atoms with Gasteiger partial charge < -0.3 is 5.32 Å². The number of carbonyl (C=O) groups excluding carboxylic acids is 1. The largest absolute Gasteiger partial charge is 0.320 e. The molecule has 0 aliphatic heterocycles. The predicted octanol–water partition coefficient (Wildman–Crippen LogP) is 3.69. The number of hydrogen-bond acceptors (Lipinski definition) is 5. The third-order valence-electron chi connectivity index (χ3n) is 5.64. The summed E-state index contributed by atoms with van der Waals surface area (Å²) >= 11 is 0. The van der Waals surface area contributed by atoms with Gasteiger partial charge in [-0.2, -0.15) is 0 Å². The van der Waals surface area contributed by atoms with E-state index in [9.17, 15) is 22.4 Å².